The van der Waals surface area contributed by atoms with Crippen molar-refractivity contribution in [3.05, 3.63) is 23.8 Å². The summed E-state index contributed by atoms with van der Waals surface area (Å²) in [7, 11) is 1.31. The van der Waals surface area contributed by atoms with Crippen molar-refractivity contribution in [3.8, 4) is 11.5 Å². The Bertz CT molecular complexity index is 379. The Balaban J connectivity index is 2.88. The van der Waals surface area contributed by atoms with Crippen LogP contribution in [0.3, 0.4) is 0 Å². The van der Waals surface area contributed by atoms with Gasteiger partial charge in [-0.3, -0.25) is 0 Å². The van der Waals surface area contributed by atoms with Crippen LogP contribution in [0, 0.1) is 0 Å². The number of carbonyl (C=O) groups excluding carboxylic acids is 1. The first-order valence-corrected chi connectivity index (χ1v) is 5.37. The van der Waals surface area contributed by atoms with Crippen LogP contribution < -0.4 is 15.2 Å². The molecule has 0 radical (unpaired) electrons. The summed E-state index contributed by atoms with van der Waals surface area (Å²) in [6.07, 6.45) is 0. The van der Waals surface area contributed by atoms with Crippen molar-refractivity contribution in [2.24, 2.45) is 5.73 Å². The van der Waals surface area contributed by atoms with Crippen LogP contribution in [0.25, 0.3) is 0 Å². The molecule has 0 aliphatic rings. The second-order valence-corrected chi connectivity index (χ2v) is 3.25. The standard InChI is InChI=1S/C12H17NO4/c1-3-16-10-6-4-5-9(7-13)12(10)17-8-11(14)15-2/h4-6H,3,7-8,13H2,1-2H3. The predicted molar refractivity (Wildman–Crippen MR) is 63.0 cm³/mol. The molecule has 5 nitrogen and oxygen atoms in total. The van der Waals surface area contributed by atoms with E-state index < -0.39 is 5.97 Å². The lowest BCUT2D eigenvalue weighted by Gasteiger charge is -2.14. The highest BCUT2D eigenvalue weighted by Crippen LogP contribution is 2.31. The van der Waals surface area contributed by atoms with E-state index >= 15 is 0 Å². The zero-order valence-electron chi connectivity index (χ0n) is 10.1. The highest BCUT2D eigenvalue weighted by Gasteiger charge is 2.12. The second kappa shape index (κ2) is 6.75. The molecule has 0 saturated carbocycles. The van der Waals surface area contributed by atoms with Gasteiger partial charge in [-0.15, -0.1) is 0 Å². The van der Waals surface area contributed by atoms with Gasteiger partial charge in [0, 0.05) is 12.1 Å². The van der Waals surface area contributed by atoms with Crippen molar-refractivity contribution < 1.29 is 19.0 Å². The van der Waals surface area contributed by atoms with Crippen molar-refractivity contribution in [3.63, 3.8) is 0 Å². The number of para-hydroxylation sites is 1. The minimum Gasteiger partial charge on any atom is -0.490 e. The fourth-order valence-electron chi connectivity index (χ4n) is 1.35. The van der Waals surface area contributed by atoms with E-state index in [1.165, 1.54) is 7.11 Å². The zero-order chi connectivity index (χ0) is 12.7. The highest BCUT2D eigenvalue weighted by molar-refractivity contribution is 5.71. The van der Waals surface area contributed by atoms with Gasteiger partial charge in [-0.1, -0.05) is 12.1 Å². The van der Waals surface area contributed by atoms with Crippen molar-refractivity contribution in [2.75, 3.05) is 20.3 Å². The number of benzene rings is 1. The van der Waals surface area contributed by atoms with E-state index in [1.807, 2.05) is 19.1 Å². The van der Waals surface area contributed by atoms with E-state index in [0.29, 0.717) is 24.7 Å². The molecule has 1 rings (SSSR count). The molecule has 0 saturated heterocycles. The number of hydrogen-bond acceptors (Lipinski definition) is 5. The molecule has 94 valence electrons. The van der Waals surface area contributed by atoms with Gasteiger partial charge in [0.05, 0.1) is 13.7 Å². The first-order chi connectivity index (χ1) is 8.22. The lowest BCUT2D eigenvalue weighted by Crippen LogP contribution is -2.14. The van der Waals surface area contributed by atoms with Crippen LogP contribution in [0.1, 0.15) is 12.5 Å². The number of nitrogens with two attached hydrogens (primary N) is 1. The van der Waals surface area contributed by atoms with Crippen molar-refractivity contribution >= 4 is 5.97 Å². The second-order valence-electron chi connectivity index (χ2n) is 3.25. The van der Waals surface area contributed by atoms with Gasteiger partial charge in [0.15, 0.2) is 18.1 Å². The van der Waals surface area contributed by atoms with Gasteiger partial charge in [0.2, 0.25) is 0 Å². The third kappa shape index (κ3) is 3.64. The van der Waals surface area contributed by atoms with E-state index in [-0.39, 0.29) is 6.61 Å². The molecule has 17 heavy (non-hydrogen) atoms. The highest BCUT2D eigenvalue weighted by atomic mass is 16.6. The molecule has 0 aliphatic heterocycles. The molecular formula is C12H17NO4. The fourth-order valence-corrected chi connectivity index (χ4v) is 1.35. The number of ether oxygens (including phenoxy) is 3. The molecule has 0 bridgehead atoms. The Morgan fingerprint density at radius 2 is 2.12 bits per heavy atom. The maximum Gasteiger partial charge on any atom is 0.343 e. The minimum absolute atomic E-state index is 0.159. The quantitative estimate of drug-likeness (QED) is 0.752. The van der Waals surface area contributed by atoms with Crippen LogP contribution in [-0.2, 0) is 16.1 Å². The zero-order valence-corrected chi connectivity index (χ0v) is 10.1. The van der Waals surface area contributed by atoms with E-state index in [4.69, 9.17) is 15.2 Å². The molecular weight excluding hydrogens is 222 g/mol. The molecule has 0 spiro atoms. The molecule has 5 heteroatoms. The van der Waals surface area contributed by atoms with Gasteiger partial charge in [-0.2, -0.15) is 0 Å². The van der Waals surface area contributed by atoms with E-state index in [9.17, 15) is 4.79 Å². The SMILES string of the molecule is CCOc1cccc(CN)c1OCC(=O)OC. The monoisotopic (exact) mass is 239 g/mol. The molecule has 0 aromatic heterocycles. The third-order valence-corrected chi connectivity index (χ3v) is 2.14. The molecule has 1 aromatic rings. The Hall–Kier alpha value is -1.75. The molecule has 0 amide bonds. The predicted octanol–water partition coefficient (Wildman–Crippen LogP) is 1.10. The first kappa shape index (κ1) is 13.3. The van der Waals surface area contributed by atoms with E-state index in [1.54, 1.807) is 6.07 Å². The Morgan fingerprint density at radius 1 is 1.35 bits per heavy atom. The van der Waals surface area contributed by atoms with Crippen LogP contribution >= 0.6 is 0 Å². The average molecular weight is 239 g/mol. The average Bonchev–Trinajstić information content (AvgIpc) is 2.36. The fraction of sp³-hybridized carbons (Fsp3) is 0.417. The van der Waals surface area contributed by atoms with Gasteiger partial charge in [-0.25, -0.2) is 4.79 Å². The third-order valence-electron chi connectivity index (χ3n) is 2.14. The van der Waals surface area contributed by atoms with Crippen LogP contribution in [0.4, 0.5) is 0 Å². The van der Waals surface area contributed by atoms with Crippen LogP contribution in [-0.4, -0.2) is 26.3 Å². The van der Waals surface area contributed by atoms with E-state index in [0.717, 1.165) is 5.56 Å². The summed E-state index contributed by atoms with van der Waals surface area (Å²) < 4.78 is 15.3. The summed E-state index contributed by atoms with van der Waals surface area (Å²) in [5.41, 5.74) is 6.39. The molecule has 0 fully saturated rings. The van der Waals surface area contributed by atoms with Crippen molar-refractivity contribution in [1.82, 2.24) is 0 Å². The summed E-state index contributed by atoms with van der Waals surface area (Å²) in [5, 5.41) is 0. The van der Waals surface area contributed by atoms with Gasteiger partial charge in [0.25, 0.3) is 0 Å². The summed E-state index contributed by atoms with van der Waals surface area (Å²) in [5.74, 6) is 0.640. The smallest absolute Gasteiger partial charge is 0.343 e. The number of rotatable bonds is 6. The van der Waals surface area contributed by atoms with Gasteiger partial charge in [-0.05, 0) is 13.0 Å². The summed E-state index contributed by atoms with van der Waals surface area (Å²) in [4.78, 5) is 11.0. The van der Waals surface area contributed by atoms with Crippen LogP contribution in [0.15, 0.2) is 18.2 Å². The van der Waals surface area contributed by atoms with Crippen molar-refractivity contribution in [1.29, 1.82) is 0 Å². The molecule has 0 aliphatic carbocycles. The molecule has 1 aromatic carbocycles. The Kier molecular flexibility index (Phi) is 5.29. The lowest BCUT2D eigenvalue weighted by molar-refractivity contribution is -0.142. The van der Waals surface area contributed by atoms with E-state index in [2.05, 4.69) is 4.74 Å². The van der Waals surface area contributed by atoms with Crippen molar-refractivity contribution in [2.45, 2.75) is 13.5 Å². The van der Waals surface area contributed by atoms with Crippen LogP contribution in [0.5, 0.6) is 11.5 Å². The van der Waals surface area contributed by atoms with Gasteiger partial charge in [0.1, 0.15) is 0 Å². The minimum atomic E-state index is -0.445. The normalized spacial score (nSPS) is 9.82. The Labute approximate surface area is 100 Å². The number of esters is 1. The summed E-state index contributed by atoms with van der Waals surface area (Å²) in [6.45, 7) is 2.55. The summed E-state index contributed by atoms with van der Waals surface area (Å²) >= 11 is 0. The van der Waals surface area contributed by atoms with Gasteiger partial charge < -0.3 is 19.9 Å². The number of hydrogen-bond donors (Lipinski definition) is 1. The largest absolute Gasteiger partial charge is 0.490 e. The summed E-state index contributed by atoms with van der Waals surface area (Å²) in [6, 6.07) is 5.43. The maximum absolute atomic E-state index is 11.0. The Morgan fingerprint density at radius 3 is 2.71 bits per heavy atom. The maximum atomic E-state index is 11.0. The lowest BCUT2D eigenvalue weighted by atomic mass is 10.2. The number of carbonyl (C=O) groups is 1. The topological polar surface area (TPSA) is 70.8 Å². The molecule has 0 unspecified atom stereocenters. The molecule has 0 heterocycles. The number of methoxy groups -OCH3 is 1. The molecule has 0 atom stereocenters. The van der Waals surface area contributed by atoms with Gasteiger partial charge >= 0.3 is 5.97 Å². The molecule has 2 N–H and O–H groups in total. The first-order valence-electron chi connectivity index (χ1n) is 5.37. The van der Waals surface area contributed by atoms with Crippen LogP contribution in [0.2, 0.25) is 0 Å².